The Hall–Kier alpha value is -2.95. The van der Waals surface area contributed by atoms with Gasteiger partial charge in [-0.25, -0.2) is 19.2 Å². The van der Waals surface area contributed by atoms with Crippen LogP contribution in [0.25, 0.3) is 0 Å². The molecule has 1 aromatic carbocycles. The third-order valence-corrected chi connectivity index (χ3v) is 4.65. The van der Waals surface area contributed by atoms with Crippen molar-refractivity contribution in [3.05, 3.63) is 52.6 Å². The normalized spacial score (nSPS) is 17.0. The maximum absolute atomic E-state index is 13.1. The first-order valence-corrected chi connectivity index (χ1v) is 8.62. The second-order valence-electron chi connectivity index (χ2n) is 6.21. The number of aromatic nitrogens is 2. The molecule has 2 aromatic rings. The van der Waals surface area contributed by atoms with Gasteiger partial charge in [0.2, 0.25) is 11.9 Å². The Morgan fingerprint density at radius 1 is 1.34 bits per heavy atom. The number of halogens is 5. The van der Waals surface area contributed by atoms with Crippen molar-refractivity contribution < 1.29 is 27.2 Å². The van der Waals surface area contributed by atoms with E-state index in [1.807, 2.05) is 0 Å². The summed E-state index contributed by atoms with van der Waals surface area (Å²) >= 11 is 5.91. The number of amides is 3. The molecule has 3 rings (SSSR count). The van der Waals surface area contributed by atoms with Crippen molar-refractivity contribution in [3.63, 3.8) is 0 Å². The predicted molar refractivity (Wildman–Crippen MR) is 94.6 cm³/mol. The lowest BCUT2D eigenvalue weighted by molar-refractivity contribution is -0.141. The van der Waals surface area contributed by atoms with Crippen LogP contribution in [0.1, 0.15) is 11.3 Å². The van der Waals surface area contributed by atoms with Gasteiger partial charge in [0.25, 0.3) is 0 Å². The topological polar surface area (TPSA) is 78.4 Å². The molecule has 1 N–H and O–H groups in total. The van der Waals surface area contributed by atoms with Crippen molar-refractivity contribution in [3.8, 4) is 0 Å². The van der Waals surface area contributed by atoms with Gasteiger partial charge in [-0.2, -0.15) is 13.2 Å². The summed E-state index contributed by atoms with van der Waals surface area (Å²) in [6.45, 7) is -0.254. The standard InChI is InChI=1S/C17H14ClF4N5O2/c1-26-12(14(28)24-7-9-2-3-10(19)6-11(9)18)8-27(16(26)29)15-23-5-4-13(25-15)17(20,21)22/h2-6,12H,7-8H2,1H3,(H,24,28). The molecule has 1 aliphatic rings. The minimum atomic E-state index is -4.70. The summed E-state index contributed by atoms with van der Waals surface area (Å²) < 4.78 is 51.6. The van der Waals surface area contributed by atoms with E-state index in [1.165, 1.54) is 19.2 Å². The van der Waals surface area contributed by atoms with E-state index in [1.54, 1.807) is 0 Å². The third kappa shape index (κ3) is 4.39. The maximum atomic E-state index is 13.1. The van der Waals surface area contributed by atoms with E-state index in [0.29, 0.717) is 11.6 Å². The SMILES string of the molecule is CN1C(=O)N(c2nccc(C(F)(F)F)n2)CC1C(=O)NCc1ccc(F)cc1Cl. The van der Waals surface area contributed by atoms with Crippen LogP contribution in [0.5, 0.6) is 0 Å². The quantitative estimate of drug-likeness (QED) is 0.755. The molecule has 0 saturated carbocycles. The Bertz CT molecular complexity index is 956. The van der Waals surface area contributed by atoms with Crippen LogP contribution < -0.4 is 10.2 Å². The average Bonchev–Trinajstić information content (AvgIpc) is 2.95. The Morgan fingerprint density at radius 3 is 2.72 bits per heavy atom. The first-order valence-electron chi connectivity index (χ1n) is 8.24. The number of carbonyl (C=O) groups is 2. The predicted octanol–water partition coefficient (Wildman–Crippen LogP) is 2.84. The number of benzene rings is 1. The molecule has 0 radical (unpaired) electrons. The Kier molecular flexibility index (Phi) is 5.60. The van der Waals surface area contributed by atoms with Crippen LogP contribution >= 0.6 is 11.6 Å². The van der Waals surface area contributed by atoms with Gasteiger partial charge in [-0.15, -0.1) is 0 Å². The molecule has 2 heterocycles. The summed E-state index contributed by atoms with van der Waals surface area (Å²) in [7, 11) is 1.34. The van der Waals surface area contributed by atoms with Gasteiger partial charge in [0.15, 0.2) is 0 Å². The fourth-order valence-corrected chi connectivity index (χ4v) is 2.96. The zero-order chi connectivity index (χ0) is 21.3. The molecule has 7 nitrogen and oxygen atoms in total. The first-order chi connectivity index (χ1) is 13.6. The van der Waals surface area contributed by atoms with Crippen LogP contribution in [0.3, 0.4) is 0 Å². The lowest BCUT2D eigenvalue weighted by Crippen LogP contribution is -2.43. The van der Waals surface area contributed by atoms with Crippen LogP contribution in [0.2, 0.25) is 5.02 Å². The lowest BCUT2D eigenvalue weighted by Gasteiger charge is -2.17. The molecule has 1 atom stereocenters. The van der Waals surface area contributed by atoms with Gasteiger partial charge in [-0.1, -0.05) is 17.7 Å². The van der Waals surface area contributed by atoms with Crippen molar-refractivity contribution in [1.82, 2.24) is 20.2 Å². The smallest absolute Gasteiger partial charge is 0.350 e. The molecule has 1 saturated heterocycles. The average molecular weight is 432 g/mol. The van der Waals surface area contributed by atoms with Crippen molar-refractivity contribution in [2.45, 2.75) is 18.8 Å². The van der Waals surface area contributed by atoms with Crippen LogP contribution in [-0.4, -0.2) is 46.4 Å². The van der Waals surface area contributed by atoms with Crippen LogP contribution in [0.4, 0.5) is 28.3 Å². The number of nitrogens with zero attached hydrogens (tertiary/aromatic N) is 4. The highest BCUT2D eigenvalue weighted by Crippen LogP contribution is 2.29. The van der Waals surface area contributed by atoms with Gasteiger partial charge in [0, 0.05) is 24.8 Å². The van der Waals surface area contributed by atoms with Gasteiger partial charge in [-0.05, 0) is 23.8 Å². The summed E-state index contributed by atoms with van der Waals surface area (Å²) in [4.78, 5) is 33.9. The number of urea groups is 1. The Morgan fingerprint density at radius 2 is 2.07 bits per heavy atom. The first kappa shape index (κ1) is 20.8. The third-order valence-electron chi connectivity index (χ3n) is 4.30. The summed E-state index contributed by atoms with van der Waals surface area (Å²) in [6.07, 6.45) is -3.81. The molecule has 154 valence electrons. The molecule has 12 heteroatoms. The molecule has 29 heavy (non-hydrogen) atoms. The molecule has 1 aliphatic heterocycles. The second kappa shape index (κ2) is 7.82. The van der Waals surface area contributed by atoms with Gasteiger partial charge in [0.05, 0.1) is 6.54 Å². The van der Waals surface area contributed by atoms with Gasteiger partial charge < -0.3 is 10.2 Å². The largest absolute Gasteiger partial charge is 0.433 e. The number of rotatable bonds is 4. The molecule has 1 fully saturated rings. The van der Waals surface area contributed by atoms with Crippen LogP contribution in [0.15, 0.2) is 30.5 Å². The Balaban J connectivity index is 1.72. The monoisotopic (exact) mass is 431 g/mol. The maximum Gasteiger partial charge on any atom is 0.433 e. The van der Waals surface area contributed by atoms with Gasteiger partial charge in [0.1, 0.15) is 17.6 Å². The minimum Gasteiger partial charge on any atom is -0.350 e. The highest BCUT2D eigenvalue weighted by Gasteiger charge is 2.42. The number of likely N-dealkylation sites (N-methyl/N-ethyl adjacent to an activating group) is 1. The fraction of sp³-hybridized carbons (Fsp3) is 0.294. The van der Waals surface area contributed by atoms with Crippen molar-refractivity contribution in [2.75, 3.05) is 18.5 Å². The highest BCUT2D eigenvalue weighted by atomic mass is 35.5. The van der Waals surface area contributed by atoms with E-state index in [9.17, 15) is 27.2 Å². The number of nitrogens with one attached hydrogen (secondary N) is 1. The summed E-state index contributed by atoms with van der Waals surface area (Å²) in [5.74, 6) is -1.53. The lowest BCUT2D eigenvalue weighted by atomic mass is 10.2. The number of anilines is 1. The van der Waals surface area contributed by atoms with Gasteiger partial charge >= 0.3 is 12.2 Å². The van der Waals surface area contributed by atoms with Crippen molar-refractivity contribution >= 4 is 29.5 Å². The number of hydrogen-bond donors (Lipinski definition) is 1. The molecule has 3 amide bonds. The highest BCUT2D eigenvalue weighted by molar-refractivity contribution is 6.31. The van der Waals surface area contributed by atoms with Crippen molar-refractivity contribution in [2.24, 2.45) is 0 Å². The number of hydrogen-bond acceptors (Lipinski definition) is 4. The van der Waals surface area contributed by atoms with E-state index in [2.05, 4.69) is 15.3 Å². The number of alkyl halides is 3. The van der Waals surface area contributed by atoms with Crippen LogP contribution in [-0.2, 0) is 17.5 Å². The summed E-state index contributed by atoms with van der Waals surface area (Å²) in [6, 6.07) is 2.67. The zero-order valence-corrected chi connectivity index (χ0v) is 15.6. The van der Waals surface area contributed by atoms with E-state index in [0.717, 1.165) is 22.1 Å². The van der Waals surface area contributed by atoms with Crippen LogP contribution in [0, 0.1) is 5.82 Å². The minimum absolute atomic E-state index is 0.0173. The van der Waals surface area contributed by atoms with E-state index in [-0.39, 0.29) is 18.1 Å². The second-order valence-corrected chi connectivity index (χ2v) is 6.62. The molecule has 0 aliphatic carbocycles. The molecule has 0 spiro atoms. The van der Waals surface area contributed by atoms with Crippen molar-refractivity contribution in [1.29, 1.82) is 0 Å². The fourth-order valence-electron chi connectivity index (χ4n) is 2.72. The van der Waals surface area contributed by atoms with E-state index < -0.39 is 41.6 Å². The molecule has 1 aromatic heterocycles. The molecular formula is C17H14ClF4N5O2. The summed E-state index contributed by atoms with van der Waals surface area (Å²) in [5.41, 5.74) is -0.733. The molecule has 0 bridgehead atoms. The molecular weight excluding hydrogens is 418 g/mol. The Labute approximate surface area is 167 Å². The van der Waals surface area contributed by atoms with E-state index in [4.69, 9.17) is 11.6 Å². The number of carbonyl (C=O) groups excluding carboxylic acids is 2. The van der Waals surface area contributed by atoms with Gasteiger partial charge in [-0.3, -0.25) is 9.69 Å². The molecule has 1 unspecified atom stereocenters. The zero-order valence-electron chi connectivity index (χ0n) is 14.9. The summed E-state index contributed by atoms with van der Waals surface area (Å²) in [5, 5.41) is 2.70. The van der Waals surface area contributed by atoms with E-state index >= 15 is 0 Å².